The van der Waals surface area contributed by atoms with E-state index in [1.165, 1.54) is 6.33 Å². The predicted octanol–water partition coefficient (Wildman–Crippen LogP) is 0.303. The van der Waals surface area contributed by atoms with E-state index in [1.54, 1.807) is 0 Å². The number of rotatable bonds is 5. The van der Waals surface area contributed by atoms with Crippen molar-refractivity contribution in [1.82, 2.24) is 15.3 Å². The molecule has 0 aliphatic rings. The lowest BCUT2D eigenvalue weighted by molar-refractivity contribution is 0.518. The topological polar surface area (TPSA) is 63.8 Å². The molecule has 0 radical (unpaired) electrons. The van der Waals surface area contributed by atoms with E-state index in [0.717, 1.165) is 25.1 Å². The summed E-state index contributed by atoms with van der Waals surface area (Å²) in [5.41, 5.74) is 6.54. The Balaban J connectivity index is 2.27. The third-order valence-electron chi connectivity index (χ3n) is 1.87. The third kappa shape index (κ3) is 3.96. The number of aromatic nitrogens is 2. The number of nitrogens with two attached hydrogens (primary N) is 1. The summed E-state index contributed by atoms with van der Waals surface area (Å²) in [7, 11) is 0. The molecule has 0 aromatic carbocycles. The van der Waals surface area contributed by atoms with Crippen LogP contribution in [0.1, 0.15) is 18.9 Å². The second-order valence-electron chi connectivity index (χ2n) is 3.11. The average Bonchev–Trinajstić information content (AvgIpc) is 2.17. The van der Waals surface area contributed by atoms with Crippen molar-refractivity contribution in [2.45, 2.75) is 25.9 Å². The molecular formula is C9H16N4. The van der Waals surface area contributed by atoms with Crippen LogP contribution in [0.4, 0.5) is 0 Å². The first-order valence-corrected chi connectivity index (χ1v) is 4.50. The van der Waals surface area contributed by atoms with Crippen molar-refractivity contribution in [3.63, 3.8) is 0 Å². The lowest BCUT2D eigenvalue weighted by Crippen LogP contribution is -2.27. The maximum absolute atomic E-state index is 5.43. The number of nitrogens with zero attached hydrogens (tertiary/aromatic N) is 2. The van der Waals surface area contributed by atoms with Crippen LogP contribution in [0.5, 0.6) is 0 Å². The van der Waals surface area contributed by atoms with Gasteiger partial charge in [-0.3, -0.25) is 0 Å². The van der Waals surface area contributed by atoms with Gasteiger partial charge >= 0.3 is 0 Å². The highest BCUT2D eigenvalue weighted by Crippen LogP contribution is 1.94. The zero-order chi connectivity index (χ0) is 9.52. The Labute approximate surface area is 78.6 Å². The smallest absolute Gasteiger partial charge is 0.115 e. The van der Waals surface area contributed by atoms with Crippen LogP contribution in [0.3, 0.4) is 0 Å². The summed E-state index contributed by atoms with van der Waals surface area (Å²) >= 11 is 0. The summed E-state index contributed by atoms with van der Waals surface area (Å²) in [6.07, 6.45) is 6.16. The molecule has 0 bridgehead atoms. The Hall–Kier alpha value is -1.00. The van der Waals surface area contributed by atoms with Gasteiger partial charge in [0.2, 0.25) is 0 Å². The molecule has 0 aliphatic carbocycles. The van der Waals surface area contributed by atoms with Crippen LogP contribution in [0.15, 0.2) is 18.7 Å². The molecular weight excluding hydrogens is 164 g/mol. The van der Waals surface area contributed by atoms with Crippen LogP contribution in [0.2, 0.25) is 0 Å². The molecule has 1 atom stereocenters. The Kier molecular flexibility index (Phi) is 4.35. The van der Waals surface area contributed by atoms with Crippen LogP contribution < -0.4 is 11.1 Å². The fraction of sp³-hybridized carbons (Fsp3) is 0.556. The van der Waals surface area contributed by atoms with Gasteiger partial charge in [0.25, 0.3) is 0 Å². The normalized spacial score (nSPS) is 12.8. The quantitative estimate of drug-likeness (QED) is 0.684. The molecule has 3 N–H and O–H groups in total. The number of hydrogen-bond acceptors (Lipinski definition) is 4. The van der Waals surface area contributed by atoms with E-state index in [4.69, 9.17) is 5.73 Å². The summed E-state index contributed by atoms with van der Waals surface area (Å²) in [6.45, 7) is 3.65. The molecule has 0 amide bonds. The average molecular weight is 180 g/mol. The largest absolute Gasteiger partial charge is 0.330 e. The second-order valence-corrected chi connectivity index (χ2v) is 3.11. The standard InChI is InChI=1S/C9H16N4/c1-8(2-3-10)13-6-9-4-11-7-12-5-9/h4-5,7-8,13H,2-3,6,10H2,1H3. The Bertz CT molecular complexity index is 224. The fourth-order valence-corrected chi connectivity index (χ4v) is 1.07. The van der Waals surface area contributed by atoms with Crippen molar-refractivity contribution in [3.05, 3.63) is 24.3 Å². The Morgan fingerprint density at radius 2 is 2.15 bits per heavy atom. The van der Waals surface area contributed by atoms with Gasteiger partial charge in [-0.1, -0.05) is 0 Å². The van der Waals surface area contributed by atoms with Gasteiger partial charge < -0.3 is 11.1 Å². The summed E-state index contributed by atoms with van der Waals surface area (Å²) in [6, 6.07) is 0.449. The first-order chi connectivity index (χ1) is 6.33. The highest BCUT2D eigenvalue weighted by molar-refractivity contribution is 5.01. The van der Waals surface area contributed by atoms with Crippen molar-refractivity contribution in [3.8, 4) is 0 Å². The lowest BCUT2D eigenvalue weighted by Gasteiger charge is -2.11. The van der Waals surface area contributed by atoms with E-state index < -0.39 is 0 Å². The maximum Gasteiger partial charge on any atom is 0.115 e. The monoisotopic (exact) mass is 180 g/mol. The lowest BCUT2D eigenvalue weighted by atomic mass is 10.2. The van der Waals surface area contributed by atoms with Crippen molar-refractivity contribution < 1.29 is 0 Å². The molecule has 4 heteroatoms. The van der Waals surface area contributed by atoms with Crippen LogP contribution >= 0.6 is 0 Å². The predicted molar refractivity (Wildman–Crippen MR) is 52.0 cm³/mol. The fourth-order valence-electron chi connectivity index (χ4n) is 1.07. The van der Waals surface area contributed by atoms with E-state index in [1.807, 2.05) is 12.4 Å². The molecule has 4 nitrogen and oxygen atoms in total. The van der Waals surface area contributed by atoms with Crippen molar-refractivity contribution in [2.24, 2.45) is 5.73 Å². The Morgan fingerprint density at radius 1 is 1.46 bits per heavy atom. The molecule has 13 heavy (non-hydrogen) atoms. The molecule has 0 saturated heterocycles. The first kappa shape index (κ1) is 10.1. The van der Waals surface area contributed by atoms with Gasteiger partial charge in [0.15, 0.2) is 0 Å². The van der Waals surface area contributed by atoms with Gasteiger partial charge in [0, 0.05) is 30.5 Å². The highest BCUT2D eigenvalue weighted by atomic mass is 14.9. The van der Waals surface area contributed by atoms with Gasteiger partial charge in [-0.2, -0.15) is 0 Å². The maximum atomic E-state index is 5.43. The van der Waals surface area contributed by atoms with Gasteiger partial charge in [-0.15, -0.1) is 0 Å². The zero-order valence-electron chi connectivity index (χ0n) is 7.90. The van der Waals surface area contributed by atoms with Crippen LogP contribution in [-0.4, -0.2) is 22.6 Å². The van der Waals surface area contributed by atoms with Gasteiger partial charge in [0.05, 0.1) is 0 Å². The molecule has 1 aromatic rings. The van der Waals surface area contributed by atoms with Crippen molar-refractivity contribution in [2.75, 3.05) is 6.54 Å². The number of hydrogen-bond donors (Lipinski definition) is 2. The molecule has 0 fully saturated rings. The van der Waals surface area contributed by atoms with Gasteiger partial charge in [0.1, 0.15) is 6.33 Å². The van der Waals surface area contributed by atoms with E-state index in [0.29, 0.717) is 6.04 Å². The molecule has 0 aliphatic heterocycles. The van der Waals surface area contributed by atoms with E-state index in [-0.39, 0.29) is 0 Å². The van der Waals surface area contributed by atoms with Crippen LogP contribution in [-0.2, 0) is 6.54 Å². The molecule has 72 valence electrons. The highest BCUT2D eigenvalue weighted by Gasteiger charge is 1.99. The minimum absolute atomic E-state index is 0.449. The van der Waals surface area contributed by atoms with Gasteiger partial charge in [-0.05, 0) is 19.9 Å². The summed E-state index contributed by atoms with van der Waals surface area (Å²) < 4.78 is 0. The molecule has 1 rings (SSSR count). The zero-order valence-corrected chi connectivity index (χ0v) is 7.90. The van der Waals surface area contributed by atoms with E-state index in [9.17, 15) is 0 Å². The van der Waals surface area contributed by atoms with Gasteiger partial charge in [-0.25, -0.2) is 9.97 Å². The summed E-state index contributed by atoms with van der Waals surface area (Å²) in [5.74, 6) is 0. The number of nitrogens with one attached hydrogen (secondary N) is 1. The van der Waals surface area contributed by atoms with Crippen molar-refractivity contribution >= 4 is 0 Å². The SMILES string of the molecule is CC(CCN)NCc1cncnc1. The summed E-state index contributed by atoms with van der Waals surface area (Å²) in [4.78, 5) is 7.87. The molecule has 1 unspecified atom stereocenters. The van der Waals surface area contributed by atoms with Crippen molar-refractivity contribution in [1.29, 1.82) is 0 Å². The first-order valence-electron chi connectivity index (χ1n) is 4.50. The minimum Gasteiger partial charge on any atom is -0.330 e. The van der Waals surface area contributed by atoms with E-state index >= 15 is 0 Å². The van der Waals surface area contributed by atoms with E-state index in [2.05, 4.69) is 22.2 Å². The minimum atomic E-state index is 0.449. The summed E-state index contributed by atoms with van der Waals surface area (Å²) in [5, 5.41) is 3.34. The molecule has 0 saturated carbocycles. The van der Waals surface area contributed by atoms with Crippen LogP contribution in [0, 0.1) is 0 Å². The molecule has 1 heterocycles. The second kappa shape index (κ2) is 5.61. The third-order valence-corrected chi connectivity index (χ3v) is 1.87. The molecule has 0 spiro atoms. The molecule has 1 aromatic heterocycles. The Morgan fingerprint density at radius 3 is 2.77 bits per heavy atom. The van der Waals surface area contributed by atoms with Crippen LogP contribution in [0.25, 0.3) is 0 Å².